The molecule has 2 saturated heterocycles. The molecule has 3 aliphatic rings. The van der Waals surface area contributed by atoms with E-state index in [1.165, 1.54) is 0 Å². The number of ether oxygens (including phenoxy) is 3. The fraction of sp³-hybridized carbons (Fsp3) is 1.00. The summed E-state index contributed by atoms with van der Waals surface area (Å²) in [6, 6.07) is -3.07. The fourth-order valence-corrected chi connectivity index (χ4v) is 6.15. The Kier molecular flexibility index (Phi) is 14.1. The largest absolute Gasteiger partial charge is 0.394 e. The summed E-state index contributed by atoms with van der Waals surface area (Å²) in [6.45, 7) is -0.0809. The average Bonchev–Trinajstić information content (AvgIpc) is 2.97. The second-order valence-corrected chi connectivity index (χ2v) is 11.7. The van der Waals surface area contributed by atoms with Crippen molar-refractivity contribution in [3.8, 4) is 0 Å². The fourth-order valence-electron chi connectivity index (χ4n) is 6.15. The number of aliphatic hydroxyl groups is 7. The lowest BCUT2D eigenvalue weighted by Crippen LogP contribution is -2.70. The molecule has 2 heterocycles. The van der Waals surface area contributed by atoms with E-state index in [1.807, 2.05) is 0 Å². The van der Waals surface area contributed by atoms with E-state index in [2.05, 4.69) is 10.6 Å². The Labute approximate surface area is 245 Å². The first-order valence-electron chi connectivity index (χ1n) is 14.7. The number of hydrogen-bond acceptors (Lipinski definition) is 17. The Morgan fingerprint density at radius 1 is 0.833 bits per heavy atom. The molecule has 1 aliphatic carbocycles. The zero-order valence-corrected chi connectivity index (χ0v) is 23.8. The zero-order valence-electron chi connectivity index (χ0n) is 23.8. The third-order valence-corrected chi connectivity index (χ3v) is 8.64. The third kappa shape index (κ3) is 8.52. The monoisotopic (exact) mass is 611 g/mol. The maximum atomic E-state index is 11.8. The standard InChI is InChI=1S/C25H53N7O10/c26-2-1-10(34)7-31-14-4-15(36)16(6-28)40-23(14)18-12(29)3-13(32-8-11(35)5-27)24(21(18)38)42-25-22(39)19(30)20(37)17(9-33)41-25/h10-25,31-39H,1-9,26-30H2. The Balaban J connectivity index is 1.89. The van der Waals surface area contributed by atoms with Gasteiger partial charge in [0, 0.05) is 50.2 Å². The lowest BCUT2D eigenvalue weighted by atomic mass is 9.71. The molecule has 3 rings (SSSR count). The van der Waals surface area contributed by atoms with Crippen LogP contribution in [0.3, 0.4) is 0 Å². The molecule has 248 valence electrons. The molecule has 16 atom stereocenters. The molecule has 0 spiro atoms. The minimum Gasteiger partial charge on any atom is -0.394 e. The van der Waals surface area contributed by atoms with Crippen molar-refractivity contribution >= 4 is 0 Å². The van der Waals surface area contributed by atoms with Crippen LogP contribution in [0.4, 0.5) is 0 Å². The lowest BCUT2D eigenvalue weighted by molar-refractivity contribution is -0.307. The second-order valence-electron chi connectivity index (χ2n) is 11.7. The maximum Gasteiger partial charge on any atom is 0.186 e. The van der Waals surface area contributed by atoms with Crippen molar-refractivity contribution < 1.29 is 50.0 Å². The topological polar surface area (TPSA) is 323 Å². The van der Waals surface area contributed by atoms with Gasteiger partial charge in [-0.3, -0.25) is 0 Å². The van der Waals surface area contributed by atoms with Crippen LogP contribution in [0.1, 0.15) is 19.3 Å². The van der Waals surface area contributed by atoms with Gasteiger partial charge in [-0.2, -0.15) is 0 Å². The van der Waals surface area contributed by atoms with Crippen LogP contribution in [0.15, 0.2) is 0 Å². The van der Waals surface area contributed by atoms with E-state index >= 15 is 0 Å². The molecule has 3 fully saturated rings. The van der Waals surface area contributed by atoms with Gasteiger partial charge in [-0.25, -0.2) is 0 Å². The lowest BCUT2D eigenvalue weighted by Gasteiger charge is -2.52. The van der Waals surface area contributed by atoms with Crippen LogP contribution in [0.25, 0.3) is 0 Å². The van der Waals surface area contributed by atoms with E-state index in [-0.39, 0.29) is 45.6 Å². The van der Waals surface area contributed by atoms with Gasteiger partial charge >= 0.3 is 0 Å². The van der Waals surface area contributed by atoms with Gasteiger partial charge in [0.2, 0.25) is 0 Å². The van der Waals surface area contributed by atoms with Crippen LogP contribution in [-0.2, 0) is 14.2 Å². The van der Waals surface area contributed by atoms with Crippen molar-refractivity contribution in [1.82, 2.24) is 10.6 Å². The quantitative estimate of drug-likeness (QED) is 0.0866. The predicted molar refractivity (Wildman–Crippen MR) is 149 cm³/mol. The molecule has 2 aliphatic heterocycles. The van der Waals surface area contributed by atoms with E-state index < -0.39 is 104 Å². The molecule has 0 aromatic heterocycles. The molecule has 19 N–H and O–H groups in total. The first-order valence-corrected chi connectivity index (χ1v) is 14.7. The van der Waals surface area contributed by atoms with Gasteiger partial charge in [-0.15, -0.1) is 0 Å². The third-order valence-electron chi connectivity index (χ3n) is 8.64. The van der Waals surface area contributed by atoms with Crippen molar-refractivity contribution in [1.29, 1.82) is 0 Å². The van der Waals surface area contributed by atoms with Crippen molar-refractivity contribution in [2.24, 2.45) is 34.6 Å². The van der Waals surface area contributed by atoms with E-state index in [9.17, 15) is 35.7 Å². The van der Waals surface area contributed by atoms with Crippen molar-refractivity contribution in [3.05, 3.63) is 0 Å². The smallest absolute Gasteiger partial charge is 0.186 e. The first kappa shape index (κ1) is 35.8. The van der Waals surface area contributed by atoms with E-state index in [4.69, 9.17) is 42.9 Å². The number of nitrogens with two attached hydrogens (primary N) is 5. The summed E-state index contributed by atoms with van der Waals surface area (Å²) in [4.78, 5) is 0. The molecule has 16 unspecified atom stereocenters. The van der Waals surface area contributed by atoms with Crippen LogP contribution in [0.2, 0.25) is 0 Å². The first-order chi connectivity index (χ1) is 20.0. The molecule has 42 heavy (non-hydrogen) atoms. The Hall–Kier alpha value is -0.680. The molecular weight excluding hydrogens is 558 g/mol. The normalized spacial score (nSPS) is 44.6. The summed E-state index contributed by atoms with van der Waals surface area (Å²) < 4.78 is 18.0. The van der Waals surface area contributed by atoms with Gasteiger partial charge in [0.05, 0.1) is 49.3 Å². The highest BCUT2D eigenvalue weighted by Gasteiger charge is 2.53. The van der Waals surface area contributed by atoms with Gasteiger partial charge < -0.3 is 89.3 Å². The summed E-state index contributed by atoms with van der Waals surface area (Å²) in [5, 5.41) is 79.8. The molecule has 17 heteroatoms. The average molecular weight is 612 g/mol. The van der Waals surface area contributed by atoms with E-state index in [1.54, 1.807) is 0 Å². The van der Waals surface area contributed by atoms with Crippen molar-refractivity contribution in [3.63, 3.8) is 0 Å². The maximum absolute atomic E-state index is 11.8. The van der Waals surface area contributed by atoms with Crippen LogP contribution in [0.5, 0.6) is 0 Å². The number of hydrogen-bond donors (Lipinski definition) is 14. The molecule has 0 bridgehead atoms. The molecule has 0 aromatic carbocycles. The molecule has 0 radical (unpaired) electrons. The van der Waals surface area contributed by atoms with E-state index in [0.717, 1.165) is 0 Å². The van der Waals surface area contributed by atoms with E-state index in [0.29, 0.717) is 6.42 Å². The predicted octanol–water partition coefficient (Wildman–Crippen LogP) is -7.73. The van der Waals surface area contributed by atoms with Gasteiger partial charge in [0.1, 0.15) is 24.4 Å². The highest BCUT2D eigenvalue weighted by Crippen LogP contribution is 2.37. The van der Waals surface area contributed by atoms with Crippen molar-refractivity contribution in [2.75, 3.05) is 39.3 Å². The van der Waals surface area contributed by atoms with Crippen molar-refractivity contribution in [2.45, 2.75) is 111 Å². The Bertz CT molecular complexity index is 794. The van der Waals surface area contributed by atoms with Crippen LogP contribution >= 0.6 is 0 Å². The number of nitrogens with one attached hydrogen (secondary N) is 2. The molecular formula is C25H53N7O10. The van der Waals surface area contributed by atoms with Gasteiger partial charge in [0.25, 0.3) is 0 Å². The highest BCUT2D eigenvalue weighted by atomic mass is 16.7. The molecule has 17 nitrogen and oxygen atoms in total. The summed E-state index contributed by atoms with van der Waals surface area (Å²) in [5.74, 6) is -0.785. The minimum atomic E-state index is -1.50. The summed E-state index contributed by atoms with van der Waals surface area (Å²) >= 11 is 0. The number of rotatable bonds is 14. The molecule has 1 saturated carbocycles. The Morgan fingerprint density at radius 2 is 1.50 bits per heavy atom. The van der Waals surface area contributed by atoms with Crippen LogP contribution in [0, 0.1) is 5.92 Å². The van der Waals surface area contributed by atoms with Gasteiger partial charge in [-0.05, 0) is 25.8 Å². The van der Waals surface area contributed by atoms with Crippen LogP contribution in [-0.4, -0.2) is 167 Å². The highest BCUT2D eigenvalue weighted by molar-refractivity contribution is 5.06. The van der Waals surface area contributed by atoms with Crippen LogP contribution < -0.4 is 39.3 Å². The summed E-state index contributed by atoms with van der Waals surface area (Å²) in [5.41, 5.74) is 29.6. The van der Waals surface area contributed by atoms with Gasteiger partial charge in [0.15, 0.2) is 6.29 Å². The molecule has 0 amide bonds. The number of aliphatic hydroxyl groups excluding tert-OH is 7. The minimum absolute atomic E-state index is 0.0140. The molecule has 0 aromatic rings. The van der Waals surface area contributed by atoms with Gasteiger partial charge in [-0.1, -0.05) is 0 Å². The summed E-state index contributed by atoms with van der Waals surface area (Å²) in [6.07, 6.45) is -11.1. The SMILES string of the molecule is NCCC(O)CNC1CC(O)C(CN)OC1C1C(N)CC(NCC(O)CN)C(OC2OC(CO)C(O)C(N)C2O)C1O. The zero-order chi connectivity index (χ0) is 31.1. The Morgan fingerprint density at radius 3 is 2.12 bits per heavy atom. The summed E-state index contributed by atoms with van der Waals surface area (Å²) in [7, 11) is 0. The second kappa shape index (κ2) is 16.6.